The largest absolute Gasteiger partial charge is 0.573 e. The summed E-state index contributed by atoms with van der Waals surface area (Å²) < 4.78 is 40.3. The number of aldehydes is 1. The molecule has 0 amide bonds. The van der Waals surface area contributed by atoms with E-state index in [1.165, 1.54) is 12.1 Å². The molecule has 0 atom stereocenters. The van der Waals surface area contributed by atoms with E-state index in [9.17, 15) is 18.0 Å². The highest BCUT2D eigenvalue weighted by molar-refractivity contribution is 14.1. The van der Waals surface area contributed by atoms with Crippen molar-refractivity contribution in [2.45, 2.75) is 19.2 Å². The van der Waals surface area contributed by atoms with Crippen LogP contribution < -0.4 is 4.74 Å². The molecule has 0 aromatic heterocycles. The van der Waals surface area contributed by atoms with Crippen LogP contribution in [-0.2, 0) is 11.2 Å². The Balaban J connectivity index is 2.86. The van der Waals surface area contributed by atoms with E-state index >= 15 is 0 Å². The number of hydrogen-bond acceptors (Lipinski definition) is 2. The van der Waals surface area contributed by atoms with Gasteiger partial charge in [0.1, 0.15) is 12.0 Å². The molecule has 0 aliphatic rings. The van der Waals surface area contributed by atoms with Crippen LogP contribution in [0.4, 0.5) is 13.2 Å². The number of halogens is 4. The van der Waals surface area contributed by atoms with Crippen LogP contribution in [0.25, 0.3) is 0 Å². The zero-order valence-electron chi connectivity index (χ0n) is 8.05. The molecule has 0 N–H and O–H groups in total. The van der Waals surface area contributed by atoms with Gasteiger partial charge in [-0.15, -0.1) is 13.2 Å². The lowest BCUT2D eigenvalue weighted by Gasteiger charge is -2.11. The van der Waals surface area contributed by atoms with Crippen molar-refractivity contribution in [3.8, 4) is 5.75 Å². The fraction of sp³-hybridized carbons (Fsp3) is 0.300. The second kappa shape index (κ2) is 5.51. The molecule has 1 aromatic rings. The monoisotopic (exact) mass is 344 g/mol. The fourth-order valence-electron chi connectivity index (χ4n) is 1.13. The van der Waals surface area contributed by atoms with Gasteiger partial charge in [-0.2, -0.15) is 0 Å². The molecule has 0 radical (unpaired) electrons. The van der Waals surface area contributed by atoms with Gasteiger partial charge in [-0.25, -0.2) is 0 Å². The third kappa shape index (κ3) is 4.38. The van der Waals surface area contributed by atoms with Crippen molar-refractivity contribution in [2.24, 2.45) is 0 Å². The Morgan fingerprint density at radius 3 is 2.62 bits per heavy atom. The van der Waals surface area contributed by atoms with E-state index in [-0.39, 0.29) is 12.2 Å². The molecule has 6 heteroatoms. The first-order valence-electron chi connectivity index (χ1n) is 4.40. The van der Waals surface area contributed by atoms with Crippen LogP contribution in [0.2, 0.25) is 0 Å². The molecule has 0 heterocycles. The zero-order chi connectivity index (χ0) is 12.2. The number of carbonyl (C=O) groups is 1. The quantitative estimate of drug-likeness (QED) is 0.619. The molecular formula is C10H8F3IO2. The fourth-order valence-corrected chi connectivity index (χ4v) is 1.58. The first-order chi connectivity index (χ1) is 7.42. The Kier molecular flexibility index (Phi) is 4.57. The van der Waals surface area contributed by atoms with Crippen LogP contribution in [0.1, 0.15) is 12.0 Å². The topological polar surface area (TPSA) is 26.3 Å². The van der Waals surface area contributed by atoms with Crippen molar-refractivity contribution in [2.75, 3.05) is 0 Å². The van der Waals surface area contributed by atoms with E-state index in [0.29, 0.717) is 15.6 Å². The summed E-state index contributed by atoms with van der Waals surface area (Å²) in [5, 5.41) is 0. The molecule has 0 saturated carbocycles. The average molecular weight is 344 g/mol. The minimum atomic E-state index is -4.69. The molecule has 0 aliphatic heterocycles. The Morgan fingerprint density at radius 2 is 2.06 bits per heavy atom. The molecule has 88 valence electrons. The van der Waals surface area contributed by atoms with Gasteiger partial charge in [0.25, 0.3) is 0 Å². The van der Waals surface area contributed by atoms with E-state index in [1.54, 1.807) is 28.7 Å². The van der Waals surface area contributed by atoms with E-state index in [1.807, 2.05) is 0 Å². The molecule has 0 bridgehead atoms. The second-order valence-corrected chi connectivity index (χ2v) is 4.18. The lowest BCUT2D eigenvalue weighted by Crippen LogP contribution is -2.17. The summed E-state index contributed by atoms with van der Waals surface area (Å²) in [4.78, 5) is 10.1. The number of alkyl halides is 3. The molecule has 0 unspecified atom stereocenters. The van der Waals surface area contributed by atoms with Crippen LogP contribution >= 0.6 is 22.6 Å². The van der Waals surface area contributed by atoms with Crippen molar-refractivity contribution in [1.29, 1.82) is 0 Å². The first-order valence-corrected chi connectivity index (χ1v) is 5.48. The van der Waals surface area contributed by atoms with Crippen LogP contribution in [0.5, 0.6) is 5.75 Å². The van der Waals surface area contributed by atoms with Gasteiger partial charge >= 0.3 is 6.36 Å². The summed E-state index contributed by atoms with van der Waals surface area (Å²) in [6.07, 6.45) is -3.27. The Morgan fingerprint density at radius 1 is 1.38 bits per heavy atom. The molecule has 0 saturated heterocycles. The highest BCUT2D eigenvalue weighted by atomic mass is 127. The number of aryl methyl sites for hydroxylation is 1. The van der Waals surface area contributed by atoms with Gasteiger partial charge in [0.2, 0.25) is 0 Å². The van der Waals surface area contributed by atoms with E-state index in [2.05, 4.69) is 4.74 Å². The van der Waals surface area contributed by atoms with Crippen LogP contribution in [0, 0.1) is 3.57 Å². The molecular weight excluding hydrogens is 336 g/mol. The third-order valence-corrected chi connectivity index (χ3v) is 2.66. The highest BCUT2D eigenvalue weighted by Gasteiger charge is 2.31. The predicted octanol–water partition coefficient (Wildman–Crippen LogP) is 3.32. The zero-order valence-corrected chi connectivity index (χ0v) is 10.2. The number of rotatable bonds is 4. The first kappa shape index (κ1) is 13.3. The maximum absolute atomic E-state index is 12.0. The summed E-state index contributed by atoms with van der Waals surface area (Å²) in [5.41, 5.74) is 0.645. The Hall–Kier alpha value is -0.790. The van der Waals surface area contributed by atoms with Crippen molar-refractivity contribution >= 4 is 28.9 Å². The van der Waals surface area contributed by atoms with Crippen LogP contribution in [0.15, 0.2) is 18.2 Å². The second-order valence-electron chi connectivity index (χ2n) is 3.02. The molecule has 0 fully saturated rings. The van der Waals surface area contributed by atoms with Crippen LogP contribution in [0.3, 0.4) is 0 Å². The van der Waals surface area contributed by atoms with Crippen LogP contribution in [-0.4, -0.2) is 12.6 Å². The maximum Gasteiger partial charge on any atom is 0.573 e. The normalized spacial score (nSPS) is 11.2. The van der Waals surface area contributed by atoms with Crippen molar-refractivity contribution in [3.05, 3.63) is 27.3 Å². The van der Waals surface area contributed by atoms with Gasteiger partial charge in [0.05, 0.1) is 3.57 Å². The number of hydrogen-bond donors (Lipinski definition) is 0. The minimum Gasteiger partial charge on any atom is -0.405 e. The number of ether oxygens (including phenoxy) is 1. The lowest BCUT2D eigenvalue weighted by atomic mass is 10.1. The number of carbonyl (C=O) groups excluding carboxylic acids is 1. The smallest absolute Gasteiger partial charge is 0.405 e. The average Bonchev–Trinajstić information content (AvgIpc) is 2.17. The lowest BCUT2D eigenvalue weighted by molar-refractivity contribution is -0.275. The van der Waals surface area contributed by atoms with Crippen molar-refractivity contribution < 1.29 is 22.7 Å². The Bertz CT molecular complexity index is 377. The maximum atomic E-state index is 12.0. The van der Waals surface area contributed by atoms with Gasteiger partial charge < -0.3 is 9.53 Å². The summed E-state index contributed by atoms with van der Waals surface area (Å²) >= 11 is 1.76. The summed E-state index contributed by atoms with van der Waals surface area (Å²) in [5.74, 6) is -0.225. The minimum absolute atomic E-state index is 0.225. The molecule has 0 spiro atoms. The van der Waals surface area contributed by atoms with E-state index < -0.39 is 6.36 Å². The molecule has 1 rings (SSSR count). The summed E-state index contributed by atoms with van der Waals surface area (Å²) in [6.45, 7) is 0. The van der Waals surface area contributed by atoms with Gasteiger partial charge in [0, 0.05) is 6.42 Å². The van der Waals surface area contributed by atoms with Gasteiger partial charge in [-0.3, -0.25) is 0 Å². The van der Waals surface area contributed by atoms with E-state index in [0.717, 1.165) is 6.29 Å². The molecule has 2 nitrogen and oxygen atoms in total. The SMILES string of the molecule is O=CCCc1ccc(I)c(OC(F)(F)F)c1. The summed E-state index contributed by atoms with van der Waals surface area (Å²) in [6, 6.07) is 4.51. The van der Waals surface area contributed by atoms with Gasteiger partial charge in [-0.1, -0.05) is 6.07 Å². The molecule has 0 aliphatic carbocycles. The third-order valence-electron chi connectivity index (χ3n) is 1.77. The summed E-state index contributed by atoms with van der Waals surface area (Å²) in [7, 11) is 0. The molecule has 1 aromatic carbocycles. The van der Waals surface area contributed by atoms with Crippen molar-refractivity contribution in [1.82, 2.24) is 0 Å². The molecule has 16 heavy (non-hydrogen) atoms. The van der Waals surface area contributed by atoms with Crippen molar-refractivity contribution in [3.63, 3.8) is 0 Å². The Labute approximate surface area is 104 Å². The van der Waals surface area contributed by atoms with E-state index in [4.69, 9.17) is 0 Å². The van der Waals surface area contributed by atoms with Gasteiger partial charge in [0.15, 0.2) is 0 Å². The standard InChI is InChI=1S/C10H8F3IO2/c11-10(12,13)16-9-6-7(2-1-5-15)3-4-8(9)14/h3-6H,1-2H2. The number of benzene rings is 1. The highest BCUT2D eigenvalue weighted by Crippen LogP contribution is 2.28. The van der Waals surface area contributed by atoms with Gasteiger partial charge in [-0.05, 0) is 46.7 Å². The predicted molar refractivity (Wildman–Crippen MR) is 60.2 cm³/mol.